The number of hydrogen-bond donors (Lipinski definition) is 1. The average Bonchev–Trinajstić information content (AvgIpc) is 2.42. The van der Waals surface area contributed by atoms with E-state index in [9.17, 15) is 13.6 Å². The molecule has 0 radical (unpaired) electrons. The molecule has 0 saturated carbocycles. The highest BCUT2D eigenvalue weighted by atomic mass is 79.9. The van der Waals surface area contributed by atoms with E-state index in [1.165, 1.54) is 19.9 Å². The number of hydrogen-bond acceptors (Lipinski definition) is 2. The molecule has 0 fully saturated rings. The Bertz CT molecular complexity index is 440. The molecule has 0 saturated heterocycles. The van der Waals surface area contributed by atoms with Gasteiger partial charge in [0.15, 0.2) is 0 Å². The van der Waals surface area contributed by atoms with Gasteiger partial charge in [-0.15, -0.1) is 11.3 Å². The zero-order chi connectivity index (χ0) is 14.1. The number of halogens is 4. The van der Waals surface area contributed by atoms with Crippen LogP contribution in [0, 0.1) is 5.41 Å². The Kier molecular flexibility index (Phi) is 4.78. The molecule has 0 unspecified atom stereocenters. The zero-order valence-corrected chi connectivity index (χ0v) is 12.9. The molecular weight excluding hydrogens is 350 g/mol. The highest BCUT2D eigenvalue weighted by Crippen LogP contribution is 2.46. The van der Waals surface area contributed by atoms with Gasteiger partial charge in [-0.05, 0) is 27.4 Å². The molecule has 0 atom stereocenters. The van der Waals surface area contributed by atoms with Crippen LogP contribution in [0.3, 0.4) is 0 Å². The molecular formula is C11H12BrClF2O2S. The number of carboxylic acid groups (broad SMARTS) is 1. The summed E-state index contributed by atoms with van der Waals surface area (Å²) in [5, 5.41) is 8.69. The van der Waals surface area contributed by atoms with E-state index in [-0.39, 0.29) is 15.6 Å². The van der Waals surface area contributed by atoms with Crippen LogP contribution in [0.2, 0.25) is 4.34 Å². The summed E-state index contributed by atoms with van der Waals surface area (Å²) in [5.41, 5.74) is -0.988. The van der Waals surface area contributed by atoms with Crippen molar-refractivity contribution < 1.29 is 18.7 Å². The number of rotatable bonds is 5. The molecule has 0 bridgehead atoms. The summed E-state index contributed by atoms with van der Waals surface area (Å²) in [6.07, 6.45) is -0.835. The fraction of sp³-hybridized carbons (Fsp3) is 0.545. The van der Waals surface area contributed by atoms with Gasteiger partial charge in [-0.25, -0.2) is 8.78 Å². The molecule has 0 spiro atoms. The number of thiophene rings is 1. The van der Waals surface area contributed by atoms with Gasteiger partial charge in [0, 0.05) is 10.9 Å². The average molecular weight is 362 g/mol. The van der Waals surface area contributed by atoms with Crippen molar-refractivity contribution in [3.63, 3.8) is 0 Å². The van der Waals surface area contributed by atoms with Gasteiger partial charge in [-0.3, -0.25) is 4.79 Å². The quantitative estimate of drug-likeness (QED) is 0.788. The Labute approximate surface area is 121 Å². The molecule has 7 heteroatoms. The van der Waals surface area contributed by atoms with E-state index in [0.29, 0.717) is 4.47 Å². The molecule has 102 valence electrons. The van der Waals surface area contributed by atoms with Crippen LogP contribution >= 0.6 is 38.9 Å². The molecule has 0 amide bonds. The van der Waals surface area contributed by atoms with Crippen molar-refractivity contribution in [1.29, 1.82) is 0 Å². The molecule has 0 aliphatic rings. The van der Waals surface area contributed by atoms with Crippen molar-refractivity contribution >= 4 is 44.8 Å². The Hall–Kier alpha value is -0.200. The van der Waals surface area contributed by atoms with Crippen LogP contribution in [0.4, 0.5) is 8.78 Å². The van der Waals surface area contributed by atoms with E-state index in [1.54, 1.807) is 0 Å². The van der Waals surface area contributed by atoms with Gasteiger partial charge in [0.25, 0.3) is 5.92 Å². The maximum Gasteiger partial charge on any atom is 0.303 e. The molecule has 1 N–H and O–H groups in total. The van der Waals surface area contributed by atoms with E-state index in [0.717, 1.165) is 11.3 Å². The van der Waals surface area contributed by atoms with Gasteiger partial charge in [0.2, 0.25) is 0 Å². The first-order valence-corrected chi connectivity index (χ1v) is 7.07. The molecule has 0 aromatic carbocycles. The van der Waals surface area contributed by atoms with Crippen molar-refractivity contribution in [2.45, 2.75) is 32.6 Å². The van der Waals surface area contributed by atoms with Gasteiger partial charge < -0.3 is 5.11 Å². The van der Waals surface area contributed by atoms with Crippen molar-refractivity contribution in [3.8, 4) is 0 Å². The minimum absolute atomic E-state index is 0.155. The third-order valence-electron chi connectivity index (χ3n) is 2.34. The van der Waals surface area contributed by atoms with Crippen LogP contribution in [0.25, 0.3) is 0 Å². The number of alkyl halides is 2. The summed E-state index contributed by atoms with van der Waals surface area (Å²) in [5.74, 6) is -4.17. The van der Waals surface area contributed by atoms with Crippen molar-refractivity contribution in [3.05, 3.63) is 19.8 Å². The van der Waals surface area contributed by atoms with Crippen LogP contribution in [0.15, 0.2) is 10.5 Å². The van der Waals surface area contributed by atoms with Crippen molar-refractivity contribution in [2.75, 3.05) is 0 Å². The highest BCUT2D eigenvalue weighted by molar-refractivity contribution is 9.10. The second kappa shape index (κ2) is 5.43. The summed E-state index contributed by atoms with van der Waals surface area (Å²) in [6, 6.07) is 1.28. The maximum atomic E-state index is 14.0. The summed E-state index contributed by atoms with van der Waals surface area (Å²) >= 11 is 9.62. The van der Waals surface area contributed by atoms with E-state index in [2.05, 4.69) is 15.9 Å². The Morgan fingerprint density at radius 3 is 2.50 bits per heavy atom. The van der Waals surface area contributed by atoms with Crippen LogP contribution in [0.1, 0.15) is 31.6 Å². The summed E-state index contributed by atoms with van der Waals surface area (Å²) in [6.45, 7) is 3.03. The van der Waals surface area contributed by atoms with Crippen LogP contribution in [0.5, 0.6) is 0 Å². The lowest BCUT2D eigenvalue weighted by molar-refractivity contribution is -0.140. The first-order chi connectivity index (χ1) is 8.03. The van der Waals surface area contributed by atoms with E-state index < -0.39 is 23.7 Å². The standard InChI is InChI=1S/C11H12BrClF2O2S/c1-10(2,4-8(16)17)5-11(14,15)7-3-6(12)9(13)18-7/h3H,4-5H2,1-2H3,(H,16,17). The topological polar surface area (TPSA) is 37.3 Å². The first kappa shape index (κ1) is 15.9. The molecule has 2 nitrogen and oxygen atoms in total. The van der Waals surface area contributed by atoms with Gasteiger partial charge in [-0.1, -0.05) is 25.4 Å². The second-order valence-electron chi connectivity index (χ2n) is 4.85. The normalized spacial score (nSPS) is 12.8. The Morgan fingerprint density at radius 2 is 2.11 bits per heavy atom. The predicted molar refractivity (Wildman–Crippen MR) is 71.6 cm³/mol. The van der Waals surface area contributed by atoms with Gasteiger partial charge in [0.1, 0.15) is 4.34 Å². The van der Waals surface area contributed by atoms with Crippen LogP contribution < -0.4 is 0 Å². The molecule has 1 rings (SSSR count). The van der Waals surface area contributed by atoms with Gasteiger partial charge >= 0.3 is 5.97 Å². The lowest BCUT2D eigenvalue weighted by Gasteiger charge is -2.27. The number of carbonyl (C=O) groups is 1. The lowest BCUT2D eigenvalue weighted by Crippen LogP contribution is -2.26. The predicted octanol–water partition coefficient (Wildman–Crippen LogP) is 5.15. The maximum absolute atomic E-state index is 14.0. The monoisotopic (exact) mass is 360 g/mol. The SMILES string of the molecule is CC(C)(CC(=O)O)CC(F)(F)c1cc(Br)c(Cl)s1. The zero-order valence-electron chi connectivity index (χ0n) is 9.77. The number of carboxylic acids is 1. The highest BCUT2D eigenvalue weighted by Gasteiger charge is 2.41. The number of aliphatic carboxylic acids is 1. The smallest absolute Gasteiger partial charge is 0.303 e. The minimum atomic E-state index is -3.08. The Morgan fingerprint density at radius 1 is 1.56 bits per heavy atom. The molecule has 1 aromatic rings. The van der Waals surface area contributed by atoms with E-state index in [1.807, 2.05) is 0 Å². The van der Waals surface area contributed by atoms with E-state index >= 15 is 0 Å². The fourth-order valence-corrected chi connectivity index (χ4v) is 3.36. The Balaban J connectivity index is 2.90. The molecule has 1 heterocycles. The molecule has 0 aliphatic carbocycles. The third-order valence-corrected chi connectivity index (χ3v) is 4.92. The molecule has 0 aliphatic heterocycles. The van der Waals surface area contributed by atoms with Crippen molar-refractivity contribution in [2.24, 2.45) is 5.41 Å². The summed E-state index contributed by atoms with van der Waals surface area (Å²) in [4.78, 5) is 10.5. The third kappa shape index (κ3) is 4.17. The van der Waals surface area contributed by atoms with Gasteiger partial charge in [0.05, 0.1) is 11.3 Å². The van der Waals surface area contributed by atoms with E-state index in [4.69, 9.17) is 16.7 Å². The van der Waals surface area contributed by atoms with Gasteiger partial charge in [-0.2, -0.15) is 0 Å². The minimum Gasteiger partial charge on any atom is -0.481 e. The summed E-state index contributed by atoms with van der Waals surface area (Å²) < 4.78 is 28.8. The second-order valence-corrected chi connectivity index (χ2v) is 7.36. The van der Waals surface area contributed by atoms with Crippen LogP contribution in [-0.2, 0) is 10.7 Å². The molecule has 1 aromatic heterocycles. The van der Waals surface area contributed by atoms with Crippen molar-refractivity contribution in [1.82, 2.24) is 0 Å². The lowest BCUT2D eigenvalue weighted by atomic mass is 9.82. The largest absolute Gasteiger partial charge is 0.481 e. The van der Waals surface area contributed by atoms with Crippen LogP contribution in [-0.4, -0.2) is 11.1 Å². The molecule has 18 heavy (non-hydrogen) atoms. The fourth-order valence-electron chi connectivity index (χ4n) is 1.69. The first-order valence-electron chi connectivity index (χ1n) is 5.08. The summed E-state index contributed by atoms with van der Waals surface area (Å²) in [7, 11) is 0.